The average molecular weight is 417 g/mol. The Morgan fingerprint density at radius 3 is 2.53 bits per heavy atom. The maximum Gasteiger partial charge on any atom is 0.494 e. The van der Waals surface area contributed by atoms with Crippen molar-refractivity contribution in [1.82, 2.24) is 4.90 Å². The summed E-state index contributed by atoms with van der Waals surface area (Å²) in [5.74, 6) is 0. The number of likely N-dealkylation sites (tertiary alicyclic amines) is 1. The molecule has 2 heterocycles. The standard InChI is InChI=1S/C23H36BNO5/c1-17-15-23(5,6)30-24(29-17)20-10-8-7-9-18(20)16-27-19-11-13-25(14-12-19)21(26)28-22(2,3)4/h7-10,17,19H,11-16H2,1-6H3. The predicted molar refractivity (Wildman–Crippen MR) is 118 cm³/mol. The van der Waals surface area contributed by atoms with Crippen LogP contribution in [0.3, 0.4) is 0 Å². The van der Waals surface area contributed by atoms with Gasteiger partial charge in [0.05, 0.1) is 18.3 Å². The maximum absolute atomic E-state index is 12.2. The smallest absolute Gasteiger partial charge is 0.444 e. The van der Waals surface area contributed by atoms with Gasteiger partial charge in [0.1, 0.15) is 5.60 Å². The highest BCUT2D eigenvalue weighted by atomic mass is 16.6. The number of rotatable bonds is 4. The van der Waals surface area contributed by atoms with E-state index in [0.29, 0.717) is 19.7 Å². The molecular weight excluding hydrogens is 381 g/mol. The second-order valence-electron chi connectivity index (χ2n) is 10.0. The Bertz CT molecular complexity index is 725. The fraction of sp³-hybridized carbons (Fsp3) is 0.696. The third kappa shape index (κ3) is 6.46. The van der Waals surface area contributed by atoms with Crippen molar-refractivity contribution in [2.45, 2.75) is 90.8 Å². The molecule has 0 N–H and O–H groups in total. The van der Waals surface area contributed by atoms with Crippen molar-refractivity contribution < 1.29 is 23.6 Å². The molecule has 0 saturated carbocycles. The van der Waals surface area contributed by atoms with Gasteiger partial charge in [0.2, 0.25) is 0 Å². The lowest BCUT2D eigenvalue weighted by atomic mass is 9.72. The molecule has 1 aromatic carbocycles. The van der Waals surface area contributed by atoms with Crippen LogP contribution in [0.25, 0.3) is 0 Å². The highest BCUT2D eigenvalue weighted by Crippen LogP contribution is 2.26. The molecule has 7 heteroatoms. The number of hydrogen-bond donors (Lipinski definition) is 0. The van der Waals surface area contributed by atoms with E-state index in [0.717, 1.165) is 30.3 Å². The summed E-state index contributed by atoms with van der Waals surface area (Å²) >= 11 is 0. The summed E-state index contributed by atoms with van der Waals surface area (Å²) in [7, 11) is -0.377. The zero-order valence-electron chi connectivity index (χ0n) is 19.3. The Morgan fingerprint density at radius 1 is 1.23 bits per heavy atom. The highest BCUT2D eigenvalue weighted by molar-refractivity contribution is 6.62. The molecule has 2 fully saturated rings. The monoisotopic (exact) mass is 417 g/mol. The van der Waals surface area contributed by atoms with Gasteiger partial charge in [-0.25, -0.2) is 4.79 Å². The molecule has 30 heavy (non-hydrogen) atoms. The minimum Gasteiger partial charge on any atom is -0.444 e. The first-order valence-corrected chi connectivity index (χ1v) is 11.0. The van der Waals surface area contributed by atoms with Crippen molar-refractivity contribution in [1.29, 1.82) is 0 Å². The van der Waals surface area contributed by atoms with Crippen LogP contribution < -0.4 is 5.46 Å². The van der Waals surface area contributed by atoms with Gasteiger partial charge >= 0.3 is 13.2 Å². The van der Waals surface area contributed by atoms with Crippen LogP contribution in [0.4, 0.5) is 4.79 Å². The third-order valence-corrected chi connectivity index (χ3v) is 5.44. The van der Waals surface area contributed by atoms with Crippen LogP contribution in [0.5, 0.6) is 0 Å². The molecular formula is C23H36BNO5. The molecule has 0 aromatic heterocycles. The van der Waals surface area contributed by atoms with Gasteiger partial charge in [0, 0.05) is 19.2 Å². The molecule has 0 aliphatic carbocycles. The third-order valence-electron chi connectivity index (χ3n) is 5.44. The zero-order valence-corrected chi connectivity index (χ0v) is 19.3. The molecule has 2 saturated heterocycles. The molecule has 2 aliphatic rings. The summed E-state index contributed by atoms with van der Waals surface area (Å²) < 4.78 is 24.0. The Balaban J connectivity index is 1.55. The first-order chi connectivity index (χ1) is 14.0. The molecule has 166 valence electrons. The van der Waals surface area contributed by atoms with Gasteiger partial charge in [0.15, 0.2) is 0 Å². The average Bonchev–Trinajstić information content (AvgIpc) is 2.64. The predicted octanol–water partition coefficient (Wildman–Crippen LogP) is 3.90. The number of nitrogens with zero attached hydrogens (tertiary/aromatic N) is 1. The van der Waals surface area contributed by atoms with E-state index < -0.39 is 5.60 Å². The van der Waals surface area contributed by atoms with Gasteiger partial charge < -0.3 is 23.7 Å². The van der Waals surface area contributed by atoms with Crippen molar-refractivity contribution >= 4 is 18.7 Å². The Kier molecular flexibility index (Phi) is 7.15. The minimum atomic E-state index is -0.469. The van der Waals surface area contributed by atoms with E-state index in [1.54, 1.807) is 4.90 Å². The van der Waals surface area contributed by atoms with Gasteiger partial charge in [-0.1, -0.05) is 24.3 Å². The molecule has 1 amide bonds. The normalized spacial score (nSPS) is 22.8. The van der Waals surface area contributed by atoms with Crippen molar-refractivity contribution in [2.24, 2.45) is 0 Å². The van der Waals surface area contributed by atoms with Gasteiger partial charge in [0.25, 0.3) is 0 Å². The van der Waals surface area contributed by atoms with Crippen LogP contribution in [-0.4, -0.2) is 54.6 Å². The Labute approximate surface area is 181 Å². The van der Waals surface area contributed by atoms with E-state index in [-0.39, 0.29) is 31.0 Å². The number of hydrogen-bond acceptors (Lipinski definition) is 5. The van der Waals surface area contributed by atoms with Crippen LogP contribution in [0.15, 0.2) is 24.3 Å². The minimum absolute atomic E-state index is 0.125. The first-order valence-electron chi connectivity index (χ1n) is 11.0. The number of carbonyl (C=O) groups excluding carboxylic acids is 1. The SMILES string of the molecule is CC1CC(C)(C)OB(c2ccccc2COC2CCN(C(=O)OC(C)(C)C)CC2)O1. The molecule has 2 aliphatic heterocycles. The van der Waals surface area contributed by atoms with Crippen LogP contribution >= 0.6 is 0 Å². The summed E-state index contributed by atoms with van der Waals surface area (Å²) in [5, 5.41) is 0. The van der Waals surface area contributed by atoms with Crippen LogP contribution in [0.2, 0.25) is 0 Å². The van der Waals surface area contributed by atoms with Gasteiger partial charge in [-0.05, 0) is 71.8 Å². The first kappa shape index (κ1) is 23.1. The molecule has 0 spiro atoms. The van der Waals surface area contributed by atoms with E-state index >= 15 is 0 Å². The van der Waals surface area contributed by atoms with Crippen LogP contribution in [-0.2, 0) is 25.4 Å². The van der Waals surface area contributed by atoms with Crippen molar-refractivity contribution in [2.75, 3.05) is 13.1 Å². The molecule has 0 bridgehead atoms. The number of carbonyl (C=O) groups is 1. The van der Waals surface area contributed by atoms with E-state index in [1.807, 2.05) is 32.9 Å². The van der Waals surface area contributed by atoms with Crippen LogP contribution in [0.1, 0.15) is 66.4 Å². The number of ether oxygens (including phenoxy) is 2. The number of amides is 1. The van der Waals surface area contributed by atoms with E-state index in [2.05, 4.69) is 32.9 Å². The fourth-order valence-corrected chi connectivity index (χ4v) is 4.09. The molecule has 1 unspecified atom stereocenters. The second-order valence-corrected chi connectivity index (χ2v) is 10.0. The van der Waals surface area contributed by atoms with Crippen molar-refractivity contribution in [3.8, 4) is 0 Å². The Hall–Kier alpha value is -1.57. The van der Waals surface area contributed by atoms with Gasteiger partial charge in [-0.3, -0.25) is 0 Å². The molecule has 6 nitrogen and oxygen atoms in total. The van der Waals surface area contributed by atoms with Gasteiger partial charge in [-0.15, -0.1) is 0 Å². The lowest BCUT2D eigenvalue weighted by molar-refractivity contribution is -0.0248. The van der Waals surface area contributed by atoms with Crippen molar-refractivity contribution in [3.63, 3.8) is 0 Å². The largest absolute Gasteiger partial charge is 0.494 e. The molecule has 1 aromatic rings. The summed E-state index contributed by atoms with van der Waals surface area (Å²) in [6, 6.07) is 8.16. The van der Waals surface area contributed by atoms with E-state index in [1.165, 1.54) is 0 Å². The van der Waals surface area contributed by atoms with E-state index in [9.17, 15) is 4.79 Å². The zero-order chi connectivity index (χ0) is 21.9. The lowest BCUT2D eigenvalue weighted by Gasteiger charge is -2.38. The summed E-state index contributed by atoms with van der Waals surface area (Å²) in [5.41, 5.74) is 1.43. The second kappa shape index (κ2) is 9.29. The van der Waals surface area contributed by atoms with Crippen LogP contribution in [0, 0.1) is 0 Å². The fourth-order valence-electron chi connectivity index (χ4n) is 4.09. The van der Waals surface area contributed by atoms with Crippen molar-refractivity contribution in [3.05, 3.63) is 29.8 Å². The van der Waals surface area contributed by atoms with E-state index in [4.69, 9.17) is 18.8 Å². The summed E-state index contributed by atoms with van der Waals surface area (Å²) in [4.78, 5) is 14.0. The summed E-state index contributed by atoms with van der Waals surface area (Å²) in [6.07, 6.45) is 2.52. The molecule has 1 atom stereocenters. The topological polar surface area (TPSA) is 57.2 Å². The lowest BCUT2D eigenvalue weighted by Crippen LogP contribution is -2.52. The Morgan fingerprint density at radius 2 is 1.90 bits per heavy atom. The number of benzene rings is 1. The number of piperidine rings is 1. The molecule has 3 rings (SSSR count). The van der Waals surface area contributed by atoms with Gasteiger partial charge in [-0.2, -0.15) is 0 Å². The maximum atomic E-state index is 12.2. The summed E-state index contributed by atoms with van der Waals surface area (Å²) in [6.45, 7) is 13.8. The quantitative estimate of drug-likeness (QED) is 0.696. The highest BCUT2D eigenvalue weighted by Gasteiger charge is 2.39. The molecule has 0 radical (unpaired) electrons.